The molecule has 4 N–H and O–H groups in total. The number of rotatable bonds is 6. The molecule has 1 amide bonds. The van der Waals surface area contributed by atoms with Crippen LogP contribution in [-0.4, -0.2) is 35.0 Å². The monoisotopic (exact) mass is 328 g/mol. The zero-order chi connectivity index (χ0) is 15.2. The van der Waals surface area contributed by atoms with E-state index in [1.165, 1.54) is 24.2 Å². The van der Waals surface area contributed by atoms with E-state index >= 15 is 0 Å². The van der Waals surface area contributed by atoms with E-state index in [9.17, 15) is 4.79 Å². The minimum absolute atomic E-state index is 0.0813. The average molecular weight is 329 g/mol. The molecule has 1 aromatic rings. The Labute approximate surface area is 134 Å². The second-order valence-corrected chi connectivity index (χ2v) is 7.48. The first-order valence-corrected chi connectivity index (χ1v) is 9.58. The van der Waals surface area contributed by atoms with Gasteiger partial charge in [0, 0.05) is 17.8 Å². The molecule has 2 rings (SSSR count). The van der Waals surface area contributed by atoms with Crippen molar-refractivity contribution in [3.63, 3.8) is 0 Å². The Hall–Kier alpha value is -0.950. The highest BCUT2D eigenvalue weighted by molar-refractivity contribution is 7.99. The van der Waals surface area contributed by atoms with E-state index in [4.69, 9.17) is 5.73 Å². The standard InChI is InChI=1S/C14H24N4OS2/c1-3-8-16-14-18-12(15)11(21-14)13(19)17-9-4-6-10(20-2)7-5-9/h9-10H,3-8,15H2,1-2H3,(H,16,18)(H,17,19). The van der Waals surface area contributed by atoms with Gasteiger partial charge in [-0.15, -0.1) is 0 Å². The van der Waals surface area contributed by atoms with E-state index in [0.717, 1.165) is 36.2 Å². The molecule has 21 heavy (non-hydrogen) atoms. The number of aromatic nitrogens is 1. The van der Waals surface area contributed by atoms with Crippen LogP contribution in [0.1, 0.15) is 48.7 Å². The molecule has 1 fully saturated rings. The molecule has 118 valence electrons. The normalized spacial score (nSPS) is 22.0. The van der Waals surface area contributed by atoms with Crippen LogP contribution in [0.3, 0.4) is 0 Å². The molecule has 0 spiro atoms. The molecule has 0 atom stereocenters. The molecule has 1 aliphatic rings. The van der Waals surface area contributed by atoms with Crippen LogP contribution in [0.2, 0.25) is 0 Å². The first-order chi connectivity index (χ1) is 10.1. The van der Waals surface area contributed by atoms with Crippen molar-refractivity contribution in [2.45, 2.75) is 50.3 Å². The maximum Gasteiger partial charge on any atom is 0.265 e. The number of hydrogen-bond acceptors (Lipinski definition) is 6. The lowest BCUT2D eigenvalue weighted by Crippen LogP contribution is -2.38. The van der Waals surface area contributed by atoms with Crippen molar-refractivity contribution in [1.29, 1.82) is 0 Å². The van der Waals surface area contributed by atoms with Crippen LogP contribution < -0.4 is 16.4 Å². The lowest BCUT2D eigenvalue weighted by molar-refractivity contribution is 0.0933. The van der Waals surface area contributed by atoms with Gasteiger partial charge in [0.05, 0.1) is 0 Å². The van der Waals surface area contributed by atoms with Crippen molar-refractivity contribution < 1.29 is 4.79 Å². The van der Waals surface area contributed by atoms with Crippen LogP contribution in [0.4, 0.5) is 10.9 Å². The predicted octanol–water partition coefficient (Wildman–Crippen LogP) is 2.95. The Morgan fingerprint density at radius 2 is 2.14 bits per heavy atom. The quantitative estimate of drug-likeness (QED) is 0.748. The van der Waals surface area contributed by atoms with Crippen molar-refractivity contribution >= 4 is 40.0 Å². The fourth-order valence-corrected chi connectivity index (χ4v) is 4.05. The summed E-state index contributed by atoms with van der Waals surface area (Å²) in [6, 6.07) is 0.273. The number of thiazole rings is 1. The summed E-state index contributed by atoms with van der Waals surface area (Å²) in [6.07, 6.45) is 7.63. The van der Waals surface area contributed by atoms with E-state index in [1.54, 1.807) is 0 Å². The molecule has 0 radical (unpaired) electrons. The molecule has 0 aromatic carbocycles. The SMILES string of the molecule is CCCNc1nc(N)c(C(=O)NC2CCC(SC)CC2)s1. The van der Waals surface area contributed by atoms with Crippen LogP contribution in [0, 0.1) is 0 Å². The fraction of sp³-hybridized carbons (Fsp3) is 0.714. The van der Waals surface area contributed by atoms with Gasteiger partial charge in [-0.3, -0.25) is 4.79 Å². The first-order valence-electron chi connectivity index (χ1n) is 7.47. The van der Waals surface area contributed by atoms with Gasteiger partial charge in [0.15, 0.2) is 5.13 Å². The number of nitrogens with two attached hydrogens (primary N) is 1. The Morgan fingerprint density at radius 3 is 2.76 bits per heavy atom. The molecule has 0 saturated heterocycles. The Kier molecular flexibility index (Phi) is 6.17. The zero-order valence-corrected chi connectivity index (χ0v) is 14.3. The highest BCUT2D eigenvalue weighted by Crippen LogP contribution is 2.28. The van der Waals surface area contributed by atoms with Crippen LogP contribution in [0.25, 0.3) is 0 Å². The highest BCUT2D eigenvalue weighted by atomic mass is 32.2. The highest BCUT2D eigenvalue weighted by Gasteiger charge is 2.24. The number of nitrogens with one attached hydrogen (secondary N) is 2. The summed E-state index contributed by atoms with van der Waals surface area (Å²) in [5, 5.41) is 7.75. The molecular formula is C14H24N4OS2. The number of amides is 1. The van der Waals surface area contributed by atoms with Crippen molar-refractivity contribution in [3.05, 3.63) is 4.88 Å². The number of carbonyl (C=O) groups excluding carboxylic acids is 1. The van der Waals surface area contributed by atoms with Gasteiger partial charge in [0.1, 0.15) is 10.7 Å². The van der Waals surface area contributed by atoms with Gasteiger partial charge in [-0.05, 0) is 38.4 Å². The predicted molar refractivity (Wildman–Crippen MR) is 92.3 cm³/mol. The molecule has 7 heteroatoms. The third-order valence-corrected chi connectivity index (χ3v) is 5.89. The van der Waals surface area contributed by atoms with Gasteiger partial charge < -0.3 is 16.4 Å². The topological polar surface area (TPSA) is 80.0 Å². The third-order valence-electron chi connectivity index (χ3n) is 3.73. The van der Waals surface area contributed by atoms with Gasteiger partial charge in [-0.1, -0.05) is 18.3 Å². The van der Waals surface area contributed by atoms with Crippen LogP contribution in [0.5, 0.6) is 0 Å². The lowest BCUT2D eigenvalue weighted by Gasteiger charge is -2.27. The smallest absolute Gasteiger partial charge is 0.265 e. The van der Waals surface area contributed by atoms with Crippen molar-refractivity contribution in [1.82, 2.24) is 10.3 Å². The van der Waals surface area contributed by atoms with Crippen LogP contribution >= 0.6 is 23.1 Å². The van der Waals surface area contributed by atoms with E-state index in [0.29, 0.717) is 10.7 Å². The van der Waals surface area contributed by atoms with Gasteiger partial charge in [0.25, 0.3) is 5.91 Å². The van der Waals surface area contributed by atoms with Crippen molar-refractivity contribution in [3.8, 4) is 0 Å². The number of carbonyl (C=O) groups is 1. The summed E-state index contributed by atoms with van der Waals surface area (Å²) in [4.78, 5) is 17.1. The molecular weight excluding hydrogens is 304 g/mol. The minimum atomic E-state index is -0.0813. The summed E-state index contributed by atoms with van der Waals surface area (Å²) >= 11 is 3.27. The molecule has 1 heterocycles. The number of nitrogens with zero attached hydrogens (tertiary/aromatic N) is 1. The maximum atomic E-state index is 12.3. The van der Waals surface area contributed by atoms with Gasteiger partial charge in [-0.2, -0.15) is 11.8 Å². The maximum absolute atomic E-state index is 12.3. The molecule has 5 nitrogen and oxygen atoms in total. The summed E-state index contributed by atoms with van der Waals surface area (Å²) in [7, 11) is 0. The average Bonchev–Trinajstić information content (AvgIpc) is 2.87. The van der Waals surface area contributed by atoms with Gasteiger partial charge >= 0.3 is 0 Å². The molecule has 0 unspecified atom stereocenters. The van der Waals surface area contributed by atoms with E-state index in [1.807, 2.05) is 11.8 Å². The fourth-order valence-electron chi connectivity index (χ4n) is 2.50. The number of nitrogen functional groups attached to an aromatic ring is 1. The van der Waals surface area contributed by atoms with Crippen LogP contribution in [0.15, 0.2) is 0 Å². The van der Waals surface area contributed by atoms with E-state index in [2.05, 4.69) is 28.8 Å². The van der Waals surface area contributed by atoms with Crippen LogP contribution in [-0.2, 0) is 0 Å². The Morgan fingerprint density at radius 1 is 1.43 bits per heavy atom. The van der Waals surface area contributed by atoms with Crippen molar-refractivity contribution in [2.75, 3.05) is 23.9 Å². The molecule has 0 bridgehead atoms. The lowest BCUT2D eigenvalue weighted by atomic mass is 9.95. The molecule has 0 aliphatic heterocycles. The summed E-state index contributed by atoms with van der Waals surface area (Å²) in [5.74, 6) is 0.246. The summed E-state index contributed by atoms with van der Waals surface area (Å²) < 4.78 is 0. The molecule has 1 saturated carbocycles. The van der Waals surface area contributed by atoms with E-state index < -0.39 is 0 Å². The zero-order valence-electron chi connectivity index (χ0n) is 12.6. The third kappa shape index (κ3) is 4.51. The Balaban J connectivity index is 1.90. The number of thioether (sulfide) groups is 1. The summed E-state index contributed by atoms with van der Waals surface area (Å²) in [5.41, 5.74) is 5.86. The second-order valence-electron chi connectivity index (χ2n) is 5.34. The largest absolute Gasteiger partial charge is 0.382 e. The first kappa shape index (κ1) is 16.4. The number of hydrogen-bond donors (Lipinski definition) is 3. The van der Waals surface area contributed by atoms with Gasteiger partial charge in [-0.25, -0.2) is 4.98 Å². The minimum Gasteiger partial charge on any atom is -0.382 e. The second kappa shape index (κ2) is 7.89. The Bertz CT molecular complexity index is 470. The van der Waals surface area contributed by atoms with Gasteiger partial charge in [0.2, 0.25) is 0 Å². The van der Waals surface area contributed by atoms with Crippen molar-refractivity contribution in [2.24, 2.45) is 0 Å². The molecule has 1 aromatic heterocycles. The summed E-state index contributed by atoms with van der Waals surface area (Å²) in [6.45, 7) is 2.93. The molecule has 1 aliphatic carbocycles. The number of anilines is 2. The van der Waals surface area contributed by atoms with E-state index in [-0.39, 0.29) is 11.9 Å².